The van der Waals surface area contributed by atoms with E-state index in [1.54, 1.807) is 0 Å². The fourth-order valence-corrected chi connectivity index (χ4v) is 4.13. The summed E-state index contributed by atoms with van der Waals surface area (Å²) in [7, 11) is 2.78. The topological polar surface area (TPSA) is 72.1 Å². The Kier molecular flexibility index (Phi) is 4.34. The number of nitrogens with zero attached hydrogens (tertiary/aromatic N) is 4. The Labute approximate surface area is 130 Å². The van der Waals surface area contributed by atoms with Gasteiger partial charge in [-0.1, -0.05) is 5.16 Å². The molecule has 2 aromatic heterocycles. The van der Waals surface area contributed by atoms with Crippen LogP contribution in [0.1, 0.15) is 35.7 Å². The van der Waals surface area contributed by atoms with Gasteiger partial charge in [0.05, 0.1) is 17.2 Å². The van der Waals surface area contributed by atoms with E-state index >= 15 is 0 Å². The summed E-state index contributed by atoms with van der Waals surface area (Å²) in [6.45, 7) is 0. The van der Waals surface area contributed by atoms with Crippen molar-refractivity contribution in [3.63, 3.8) is 0 Å². The average molecular weight is 326 g/mol. The third-order valence-corrected chi connectivity index (χ3v) is 5.56. The van der Waals surface area contributed by atoms with Crippen LogP contribution in [0, 0.1) is 0 Å². The first-order valence-corrected chi connectivity index (χ1v) is 9.21. The molecule has 1 aliphatic carbocycles. The van der Waals surface area contributed by atoms with Gasteiger partial charge < -0.3 is 9.42 Å². The minimum absolute atomic E-state index is 0.367. The van der Waals surface area contributed by atoms with Crippen LogP contribution in [0.5, 0.6) is 0 Å². The molecule has 2 heterocycles. The third-order valence-electron chi connectivity index (χ3n) is 3.46. The zero-order valence-corrected chi connectivity index (χ0v) is 13.8. The molecular weight excluding hydrogens is 308 g/mol. The number of hydrogen-bond acceptors (Lipinski definition) is 7. The van der Waals surface area contributed by atoms with Gasteiger partial charge in [-0.25, -0.2) is 4.98 Å². The normalized spacial score (nSPS) is 15.7. The number of rotatable bonds is 5. The van der Waals surface area contributed by atoms with Crippen molar-refractivity contribution in [2.24, 2.45) is 0 Å². The first-order chi connectivity index (χ1) is 10.1. The van der Waals surface area contributed by atoms with Crippen molar-refractivity contribution in [3.8, 4) is 0 Å². The zero-order valence-electron chi connectivity index (χ0n) is 12.2. The summed E-state index contributed by atoms with van der Waals surface area (Å²) >= 11 is 1.33. The molecule has 0 saturated heterocycles. The van der Waals surface area contributed by atoms with Crippen molar-refractivity contribution in [2.75, 3.05) is 19.0 Å². The molecule has 0 fully saturated rings. The first-order valence-electron chi connectivity index (χ1n) is 6.94. The number of aryl methyl sites for hydroxylation is 1. The lowest BCUT2D eigenvalue weighted by atomic mass is 9.97. The quantitative estimate of drug-likeness (QED) is 0.836. The second kappa shape index (κ2) is 6.23. The summed E-state index contributed by atoms with van der Waals surface area (Å²) in [4.78, 5) is 6.26. The highest BCUT2D eigenvalue weighted by molar-refractivity contribution is 7.83. The fourth-order valence-electron chi connectivity index (χ4n) is 2.39. The SMILES string of the molecule is CN(C)c1nc(C[S@](=O)Cc2noc3c2CCCC3)ns1. The van der Waals surface area contributed by atoms with Gasteiger partial charge in [0, 0.05) is 48.4 Å². The van der Waals surface area contributed by atoms with Crippen molar-refractivity contribution in [1.29, 1.82) is 0 Å². The molecule has 6 nitrogen and oxygen atoms in total. The molecule has 1 aliphatic rings. The van der Waals surface area contributed by atoms with Gasteiger partial charge in [-0.3, -0.25) is 4.21 Å². The van der Waals surface area contributed by atoms with Crippen molar-refractivity contribution in [3.05, 3.63) is 22.8 Å². The molecule has 1 atom stereocenters. The lowest BCUT2D eigenvalue weighted by Gasteiger charge is -2.08. The zero-order chi connectivity index (χ0) is 14.8. The minimum Gasteiger partial charge on any atom is -0.361 e. The van der Waals surface area contributed by atoms with Crippen molar-refractivity contribution in [1.82, 2.24) is 14.5 Å². The molecule has 2 aromatic rings. The van der Waals surface area contributed by atoms with Crippen LogP contribution >= 0.6 is 11.5 Å². The summed E-state index contributed by atoms with van der Waals surface area (Å²) < 4.78 is 21.9. The third kappa shape index (κ3) is 3.32. The molecule has 0 N–H and O–H groups in total. The monoisotopic (exact) mass is 326 g/mol. The second-order valence-corrected chi connectivity index (χ2v) is 7.54. The predicted octanol–water partition coefficient (Wildman–Crippen LogP) is 1.92. The van der Waals surface area contributed by atoms with E-state index in [-0.39, 0.29) is 0 Å². The molecule has 21 heavy (non-hydrogen) atoms. The Balaban J connectivity index is 1.65. The Morgan fingerprint density at radius 3 is 2.86 bits per heavy atom. The van der Waals surface area contributed by atoms with Gasteiger partial charge in [-0.05, 0) is 19.3 Å². The molecule has 0 bridgehead atoms. The van der Waals surface area contributed by atoms with E-state index in [4.69, 9.17) is 4.52 Å². The summed E-state index contributed by atoms with van der Waals surface area (Å²) in [5.41, 5.74) is 2.03. The predicted molar refractivity (Wildman–Crippen MR) is 82.9 cm³/mol. The van der Waals surface area contributed by atoms with Gasteiger partial charge in [-0.15, -0.1) is 0 Å². The van der Waals surface area contributed by atoms with Gasteiger partial charge in [0.1, 0.15) is 5.76 Å². The van der Waals surface area contributed by atoms with Crippen molar-refractivity contribution < 1.29 is 8.73 Å². The number of anilines is 1. The summed E-state index contributed by atoms with van der Waals surface area (Å²) in [5, 5.41) is 4.93. The lowest BCUT2D eigenvalue weighted by molar-refractivity contribution is 0.369. The molecule has 3 rings (SSSR count). The molecule has 0 aromatic carbocycles. The number of aromatic nitrogens is 3. The highest BCUT2D eigenvalue weighted by atomic mass is 32.2. The molecule has 0 unspecified atom stereocenters. The Bertz CT molecular complexity index is 650. The van der Waals surface area contributed by atoms with Crippen LogP contribution in [0.4, 0.5) is 5.13 Å². The van der Waals surface area contributed by atoms with Crippen LogP contribution in [0.2, 0.25) is 0 Å². The van der Waals surface area contributed by atoms with Crippen molar-refractivity contribution in [2.45, 2.75) is 37.2 Å². The molecule has 0 saturated carbocycles. The van der Waals surface area contributed by atoms with Gasteiger partial charge in [0.2, 0.25) is 5.13 Å². The summed E-state index contributed by atoms with van der Waals surface area (Å²) in [6.07, 6.45) is 4.26. The van der Waals surface area contributed by atoms with Crippen LogP contribution in [0.15, 0.2) is 4.52 Å². The molecule has 0 amide bonds. The molecule has 0 aliphatic heterocycles. The van der Waals surface area contributed by atoms with E-state index in [9.17, 15) is 4.21 Å². The average Bonchev–Trinajstić information content (AvgIpc) is 3.07. The molecule has 0 radical (unpaired) electrons. The Hall–Kier alpha value is -1.28. The van der Waals surface area contributed by atoms with E-state index in [2.05, 4.69) is 14.5 Å². The van der Waals surface area contributed by atoms with Crippen LogP contribution in [0.3, 0.4) is 0 Å². The van der Waals surface area contributed by atoms with E-state index < -0.39 is 10.8 Å². The van der Waals surface area contributed by atoms with E-state index in [1.807, 2.05) is 19.0 Å². The van der Waals surface area contributed by atoms with Gasteiger partial charge in [0.25, 0.3) is 0 Å². The van der Waals surface area contributed by atoms with Gasteiger partial charge in [0.15, 0.2) is 5.82 Å². The standard InChI is InChI=1S/C13H18N4O2S2/c1-17(2)13-14-12(16-20-13)8-21(18)7-10-9-5-3-4-6-11(9)19-15-10/h3-8H2,1-2H3/t21-/m1/s1. The van der Waals surface area contributed by atoms with Gasteiger partial charge >= 0.3 is 0 Å². The Morgan fingerprint density at radius 2 is 2.10 bits per heavy atom. The molecule has 114 valence electrons. The maximum atomic E-state index is 12.3. The highest BCUT2D eigenvalue weighted by Gasteiger charge is 2.21. The van der Waals surface area contributed by atoms with Gasteiger partial charge in [-0.2, -0.15) is 4.37 Å². The highest BCUT2D eigenvalue weighted by Crippen LogP contribution is 2.25. The van der Waals surface area contributed by atoms with E-state index in [1.165, 1.54) is 17.1 Å². The second-order valence-electron chi connectivity index (χ2n) is 5.35. The maximum Gasteiger partial charge on any atom is 0.204 e. The maximum absolute atomic E-state index is 12.3. The minimum atomic E-state index is -1.06. The van der Waals surface area contributed by atoms with Crippen LogP contribution in [-0.4, -0.2) is 32.8 Å². The summed E-state index contributed by atoms with van der Waals surface area (Å²) in [5.74, 6) is 2.41. The van der Waals surface area contributed by atoms with E-state index in [0.29, 0.717) is 17.3 Å². The lowest BCUT2D eigenvalue weighted by Crippen LogP contribution is -2.09. The molecule has 8 heteroatoms. The van der Waals surface area contributed by atoms with Crippen molar-refractivity contribution >= 4 is 27.5 Å². The molecule has 0 spiro atoms. The smallest absolute Gasteiger partial charge is 0.204 e. The fraction of sp³-hybridized carbons (Fsp3) is 0.615. The first kappa shape index (κ1) is 14.6. The largest absolute Gasteiger partial charge is 0.361 e. The van der Waals surface area contributed by atoms with Crippen LogP contribution in [0.25, 0.3) is 0 Å². The van der Waals surface area contributed by atoms with Crippen LogP contribution in [-0.2, 0) is 35.1 Å². The molecular formula is C13H18N4O2S2. The van der Waals surface area contributed by atoms with Crippen LogP contribution < -0.4 is 4.90 Å². The summed E-state index contributed by atoms with van der Waals surface area (Å²) in [6, 6.07) is 0. The number of fused-ring (bicyclic) bond motifs is 1. The Morgan fingerprint density at radius 1 is 1.29 bits per heavy atom. The number of hydrogen-bond donors (Lipinski definition) is 0. The van der Waals surface area contributed by atoms with E-state index in [0.717, 1.165) is 42.3 Å².